The molecule has 0 amide bonds. The van der Waals surface area contributed by atoms with E-state index >= 15 is 0 Å². The second-order valence-electron chi connectivity index (χ2n) is 5.15. The second kappa shape index (κ2) is 7.49. The Morgan fingerprint density at radius 2 is 2.00 bits per heavy atom. The van der Waals surface area contributed by atoms with Gasteiger partial charge in [0, 0.05) is 6.20 Å². The Hall–Kier alpha value is -3.00. The molecule has 0 aliphatic heterocycles. The summed E-state index contributed by atoms with van der Waals surface area (Å²) in [7, 11) is 0. The number of imidazole rings is 1. The molecule has 3 rings (SSSR count). The highest BCUT2D eigenvalue weighted by Crippen LogP contribution is 2.28. The lowest BCUT2D eigenvalue weighted by molar-refractivity contribution is 0.0514. The van der Waals surface area contributed by atoms with Crippen molar-refractivity contribution in [1.82, 2.24) is 19.5 Å². The molecule has 0 bridgehead atoms. The third kappa shape index (κ3) is 3.36. The minimum atomic E-state index is -0.618. The summed E-state index contributed by atoms with van der Waals surface area (Å²) < 4.78 is 12.0. The molecule has 3 aromatic rings. The van der Waals surface area contributed by atoms with Crippen LogP contribution in [0.1, 0.15) is 34.8 Å². The molecular weight excluding hydrogens is 360 g/mol. The van der Waals surface area contributed by atoms with Crippen molar-refractivity contribution in [3.05, 3.63) is 41.1 Å². The van der Waals surface area contributed by atoms with Gasteiger partial charge in [0.05, 0.1) is 35.0 Å². The summed E-state index contributed by atoms with van der Waals surface area (Å²) in [6.45, 7) is 4.01. The first-order valence-corrected chi connectivity index (χ1v) is 8.25. The van der Waals surface area contributed by atoms with Gasteiger partial charge in [0.2, 0.25) is 11.6 Å². The topological polar surface area (TPSA) is 96.2 Å². The van der Waals surface area contributed by atoms with Gasteiger partial charge >= 0.3 is 5.97 Å². The molecule has 1 aromatic carbocycles. The smallest absolute Gasteiger partial charge is 0.362 e. The number of nitrogens with zero attached hydrogens (tertiary/aromatic N) is 4. The van der Waals surface area contributed by atoms with Gasteiger partial charge in [0.25, 0.3) is 0 Å². The van der Waals surface area contributed by atoms with E-state index in [2.05, 4.69) is 15.0 Å². The Bertz CT molecular complexity index is 986. The van der Waals surface area contributed by atoms with Crippen molar-refractivity contribution in [1.29, 1.82) is 0 Å². The summed E-state index contributed by atoms with van der Waals surface area (Å²) in [4.78, 5) is 35.6. The monoisotopic (exact) mass is 374 g/mol. The highest BCUT2D eigenvalue weighted by molar-refractivity contribution is 6.33. The van der Waals surface area contributed by atoms with Crippen LogP contribution in [0.15, 0.2) is 24.7 Å². The molecule has 0 saturated heterocycles. The van der Waals surface area contributed by atoms with Crippen LogP contribution in [0.5, 0.6) is 5.88 Å². The van der Waals surface area contributed by atoms with Gasteiger partial charge < -0.3 is 14.0 Å². The van der Waals surface area contributed by atoms with Gasteiger partial charge in [-0.25, -0.2) is 19.7 Å². The molecule has 26 heavy (non-hydrogen) atoms. The molecule has 2 heterocycles. The number of aromatic nitrogens is 4. The molecule has 0 fully saturated rings. The lowest BCUT2D eigenvalue weighted by atomic mass is 10.2. The Kier molecular flexibility index (Phi) is 5.13. The number of carbonyl (C=O) groups is 2. The van der Waals surface area contributed by atoms with Crippen LogP contribution in [-0.4, -0.2) is 45.0 Å². The third-order valence-corrected chi connectivity index (χ3v) is 3.75. The molecule has 9 heteroatoms. The fourth-order valence-electron chi connectivity index (χ4n) is 2.35. The number of rotatable bonds is 6. The van der Waals surface area contributed by atoms with E-state index < -0.39 is 5.97 Å². The molecule has 134 valence electrons. The van der Waals surface area contributed by atoms with Crippen LogP contribution in [0, 0.1) is 0 Å². The van der Waals surface area contributed by atoms with Crippen molar-refractivity contribution in [2.75, 3.05) is 13.2 Å². The molecule has 0 spiro atoms. The summed E-state index contributed by atoms with van der Waals surface area (Å²) in [6.07, 6.45) is 3.64. The van der Waals surface area contributed by atoms with Crippen molar-refractivity contribution in [2.24, 2.45) is 0 Å². The summed E-state index contributed by atoms with van der Waals surface area (Å²) in [5.41, 5.74) is 1.70. The fraction of sp³-hybridized carbons (Fsp3) is 0.235. The van der Waals surface area contributed by atoms with Crippen molar-refractivity contribution in [2.45, 2.75) is 13.8 Å². The summed E-state index contributed by atoms with van der Waals surface area (Å²) in [5.74, 6) is -0.527. The maximum absolute atomic E-state index is 12.2. The number of aldehydes is 1. The zero-order valence-electron chi connectivity index (χ0n) is 14.1. The van der Waals surface area contributed by atoms with E-state index in [-0.39, 0.29) is 23.9 Å². The van der Waals surface area contributed by atoms with Crippen LogP contribution in [-0.2, 0) is 4.74 Å². The van der Waals surface area contributed by atoms with E-state index in [1.807, 2.05) is 0 Å². The number of carbonyl (C=O) groups excluding carboxylic acids is 2. The predicted octanol–water partition coefficient (Wildman–Crippen LogP) is 2.86. The number of halogens is 1. The van der Waals surface area contributed by atoms with E-state index in [0.717, 1.165) is 0 Å². The quantitative estimate of drug-likeness (QED) is 0.483. The van der Waals surface area contributed by atoms with E-state index in [4.69, 9.17) is 21.1 Å². The van der Waals surface area contributed by atoms with Gasteiger partial charge in [-0.15, -0.1) is 0 Å². The molecular formula is C17H15ClN4O4. The van der Waals surface area contributed by atoms with Crippen LogP contribution < -0.4 is 4.74 Å². The average molecular weight is 375 g/mol. The third-order valence-electron chi connectivity index (χ3n) is 3.45. The van der Waals surface area contributed by atoms with E-state index in [9.17, 15) is 9.59 Å². The molecule has 0 saturated carbocycles. The number of hydrogen-bond donors (Lipinski definition) is 0. The molecule has 0 aliphatic rings. The summed E-state index contributed by atoms with van der Waals surface area (Å²) in [5, 5.41) is 0.382. The van der Waals surface area contributed by atoms with Gasteiger partial charge in [0.1, 0.15) is 12.0 Å². The highest BCUT2D eigenvalue weighted by atomic mass is 35.5. The Morgan fingerprint density at radius 3 is 2.65 bits per heavy atom. The maximum Gasteiger partial charge on any atom is 0.362 e. The van der Waals surface area contributed by atoms with E-state index in [0.29, 0.717) is 34.6 Å². The van der Waals surface area contributed by atoms with Crippen molar-refractivity contribution < 1.29 is 19.1 Å². The average Bonchev–Trinajstić information content (AvgIpc) is 3.10. The van der Waals surface area contributed by atoms with Crippen LogP contribution in [0.25, 0.3) is 16.7 Å². The Labute approximate surface area is 153 Å². The first kappa shape index (κ1) is 17.8. The van der Waals surface area contributed by atoms with Gasteiger partial charge in [0.15, 0.2) is 6.29 Å². The second-order valence-corrected chi connectivity index (χ2v) is 5.55. The van der Waals surface area contributed by atoms with Gasteiger partial charge in [-0.2, -0.15) is 0 Å². The number of hydrogen-bond acceptors (Lipinski definition) is 7. The lowest BCUT2D eigenvalue weighted by Crippen LogP contribution is -2.12. The predicted molar refractivity (Wildman–Crippen MR) is 94.2 cm³/mol. The first-order valence-electron chi connectivity index (χ1n) is 7.88. The number of benzene rings is 1. The van der Waals surface area contributed by atoms with Crippen LogP contribution >= 0.6 is 11.6 Å². The summed E-state index contributed by atoms with van der Waals surface area (Å²) >= 11 is 6.33. The van der Waals surface area contributed by atoms with Gasteiger partial charge in [-0.3, -0.25) is 4.79 Å². The lowest BCUT2D eigenvalue weighted by Gasteiger charge is -2.11. The van der Waals surface area contributed by atoms with Gasteiger partial charge in [-0.1, -0.05) is 11.6 Å². The molecule has 0 aliphatic carbocycles. The van der Waals surface area contributed by atoms with E-state index in [1.165, 1.54) is 12.5 Å². The molecule has 8 nitrogen and oxygen atoms in total. The first-order chi connectivity index (χ1) is 12.6. The van der Waals surface area contributed by atoms with Crippen molar-refractivity contribution >= 4 is 34.9 Å². The van der Waals surface area contributed by atoms with Crippen molar-refractivity contribution in [3.8, 4) is 11.6 Å². The highest BCUT2D eigenvalue weighted by Gasteiger charge is 2.20. The largest absolute Gasteiger partial charge is 0.476 e. The summed E-state index contributed by atoms with van der Waals surface area (Å²) in [6, 6.07) is 3.26. The van der Waals surface area contributed by atoms with Crippen LogP contribution in [0.2, 0.25) is 5.02 Å². The zero-order valence-corrected chi connectivity index (χ0v) is 14.9. The van der Waals surface area contributed by atoms with Crippen molar-refractivity contribution in [3.63, 3.8) is 0 Å². The minimum absolute atomic E-state index is 0.00585. The van der Waals surface area contributed by atoms with Crippen LogP contribution in [0.4, 0.5) is 0 Å². The van der Waals surface area contributed by atoms with E-state index in [1.54, 1.807) is 30.5 Å². The molecule has 0 unspecified atom stereocenters. The van der Waals surface area contributed by atoms with Crippen LogP contribution in [0.3, 0.4) is 0 Å². The SMILES string of the molecule is CCOC(=O)c1nc2cc(-n3cnc(C=O)c3)c(Cl)cc2nc1OCC. The number of ether oxygens (including phenoxy) is 2. The Morgan fingerprint density at radius 1 is 1.23 bits per heavy atom. The molecule has 2 aromatic heterocycles. The fourth-order valence-corrected chi connectivity index (χ4v) is 2.60. The zero-order chi connectivity index (χ0) is 18.7. The Balaban J connectivity index is 2.16. The molecule has 0 atom stereocenters. The molecule has 0 N–H and O–H groups in total. The van der Waals surface area contributed by atoms with Gasteiger partial charge in [-0.05, 0) is 26.0 Å². The maximum atomic E-state index is 12.2. The minimum Gasteiger partial charge on any atom is -0.476 e. The molecule has 0 radical (unpaired) electrons. The number of fused-ring (bicyclic) bond motifs is 1. The standard InChI is InChI=1S/C17H15ClN4O4/c1-3-25-16-15(17(24)26-4-2)20-13-6-14(11(18)5-12(13)21-16)22-7-10(8-23)19-9-22/h5-9H,3-4H2,1-2H3. The number of esters is 1. The normalized spacial score (nSPS) is 10.7.